The predicted octanol–water partition coefficient (Wildman–Crippen LogP) is 5.10. The molecule has 7 nitrogen and oxygen atoms in total. The highest BCUT2D eigenvalue weighted by Crippen LogP contribution is 2.36. The van der Waals surface area contributed by atoms with Crippen molar-refractivity contribution in [2.45, 2.75) is 32.2 Å². The van der Waals surface area contributed by atoms with Crippen LogP contribution in [-0.4, -0.2) is 31.4 Å². The van der Waals surface area contributed by atoms with E-state index in [1.54, 1.807) is 13.4 Å². The fraction of sp³-hybridized carbons (Fsp3) is 0.261. The number of benzene rings is 2. The molecule has 2 aromatic carbocycles. The highest BCUT2D eigenvalue weighted by atomic mass is 35.5. The van der Waals surface area contributed by atoms with Gasteiger partial charge in [-0.25, -0.2) is 9.67 Å². The van der Waals surface area contributed by atoms with Gasteiger partial charge in [-0.1, -0.05) is 29.8 Å². The lowest BCUT2D eigenvalue weighted by molar-refractivity contribution is 0.413. The van der Waals surface area contributed by atoms with Crippen LogP contribution < -0.4 is 10.1 Å². The van der Waals surface area contributed by atoms with Crippen molar-refractivity contribution in [2.24, 2.45) is 0 Å². The molecule has 3 heterocycles. The predicted molar refractivity (Wildman–Crippen MR) is 121 cm³/mol. The van der Waals surface area contributed by atoms with Crippen molar-refractivity contribution in [3.8, 4) is 11.4 Å². The molecule has 158 valence electrons. The third-order valence-electron chi connectivity index (χ3n) is 5.58. The lowest BCUT2D eigenvalue weighted by Gasteiger charge is -2.23. The molecule has 8 heteroatoms. The summed E-state index contributed by atoms with van der Waals surface area (Å²) in [6, 6.07) is 13.9. The Bertz CT molecular complexity index is 1230. The van der Waals surface area contributed by atoms with Crippen LogP contribution >= 0.6 is 11.6 Å². The Hall–Kier alpha value is -3.32. The van der Waals surface area contributed by atoms with Crippen molar-refractivity contribution in [1.82, 2.24) is 24.3 Å². The largest absolute Gasteiger partial charge is 0.494 e. The molecule has 0 saturated carbocycles. The lowest BCUT2D eigenvalue weighted by atomic mass is 9.91. The smallest absolute Gasteiger partial charge is 0.246 e. The molecule has 0 aliphatic carbocycles. The molecule has 31 heavy (non-hydrogen) atoms. The van der Waals surface area contributed by atoms with Crippen molar-refractivity contribution in [1.29, 1.82) is 0 Å². The quantitative estimate of drug-likeness (QED) is 0.473. The van der Waals surface area contributed by atoms with Gasteiger partial charge in [-0.05, 0) is 43.5 Å². The molecule has 0 bridgehead atoms. The molecule has 0 amide bonds. The second-order valence-corrected chi connectivity index (χ2v) is 8.07. The number of halogens is 1. The van der Waals surface area contributed by atoms with Crippen LogP contribution in [0.5, 0.6) is 5.75 Å². The summed E-state index contributed by atoms with van der Waals surface area (Å²) >= 11 is 6.47. The van der Waals surface area contributed by atoms with E-state index in [4.69, 9.17) is 21.3 Å². The Kier molecular flexibility index (Phi) is 5.11. The SMILES string of the molecule is COc1cc(Nc2nc3n(n2)CCC[C@@H]3c2ccccc2Cl)ccc1-n1cnc(C)c1. The van der Waals surface area contributed by atoms with Crippen molar-refractivity contribution < 1.29 is 4.74 Å². The standard InChI is InChI=1S/C23H23ClN6O/c1-15-13-29(14-25-15)20-10-9-16(12-21(20)31-2)26-23-27-22-18(7-5-11-30(22)28-23)17-6-3-4-8-19(17)24/h3-4,6,8-10,12-14,18H,5,7,11H2,1-2H3,(H,26,28)/t18-/m1/s1. The van der Waals surface area contributed by atoms with Gasteiger partial charge in [0.05, 0.1) is 24.8 Å². The second kappa shape index (κ2) is 8.07. The molecule has 2 aromatic heterocycles. The van der Waals surface area contributed by atoms with Gasteiger partial charge in [-0.2, -0.15) is 4.98 Å². The van der Waals surface area contributed by atoms with E-state index in [9.17, 15) is 0 Å². The number of fused-ring (bicyclic) bond motifs is 1. The van der Waals surface area contributed by atoms with Gasteiger partial charge in [-0.3, -0.25) is 0 Å². The van der Waals surface area contributed by atoms with Crippen LogP contribution in [0.2, 0.25) is 5.02 Å². The number of hydrogen-bond donors (Lipinski definition) is 1. The van der Waals surface area contributed by atoms with Gasteiger partial charge in [0.1, 0.15) is 11.6 Å². The highest BCUT2D eigenvalue weighted by Gasteiger charge is 2.27. The number of methoxy groups -OCH3 is 1. The van der Waals surface area contributed by atoms with Crippen LogP contribution in [0.25, 0.3) is 5.69 Å². The van der Waals surface area contributed by atoms with Gasteiger partial charge >= 0.3 is 0 Å². The molecule has 1 N–H and O–H groups in total. The first-order chi connectivity index (χ1) is 15.1. The highest BCUT2D eigenvalue weighted by molar-refractivity contribution is 6.31. The maximum atomic E-state index is 6.47. The number of hydrogen-bond acceptors (Lipinski definition) is 5. The number of nitrogens with one attached hydrogen (secondary N) is 1. The van der Waals surface area contributed by atoms with Crippen molar-refractivity contribution in [3.05, 3.63) is 77.1 Å². The molecule has 0 fully saturated rings. The van der Waals surface area contributed by atoms with E-state index >= 15 is 0 Å². The lowest BCUT2D eigenvalue weighted by Crippen LogP contribution is -2.18. The molecule has 1 atom stereocenters. The van der Waals surface area contributed by atoms with Crippen LogP contribution in [0, 0.1) is 6.92 Å². The summed E-state index contributed by atoms with van der Waals surface area (Å²) in [7, 11) is 1.66. The van der Waals surface area contributed by atoms with Crippen LogP contribution in [0.4, 0.5) is 11.6 Å². The molecular weight excluding hydrogens is 412 g/mol. The maximum absolute atomic E-state index is 6.47. The number of aromatic nitrogens is 5. The Balaban J connectivity index is 1.43. The Morgan fingerprint density at radius 1 is 1.19 bits per heavy atom. The van der Waals surface area contributed by atoms with E-state index in [1.807, 2.05) is 58.8 Å². The minimum atomic E-state index is 0.145. The average Bonchev–Trinajstić information content (AvgIpc) is 3.39. The minimum Gasteiger partial charge on any atom is -0.494 e. The second-order valence-electron chi connectivity index (χ2n) is 7.67. The zero-order chi connectivity index (χ0) is 21.4. The zero-order valence-corrected chi connectivity index (χ0v) is 18.2. The van der Waals surface area contributed by atoms with Crippen molar-refractivity contribution >= 4 is 23.2 Å². The molecule has 0 spiro atoms. The number of nitrogens with zero attached hydrogens (tertiary/aromatic N) is 5. The summed E-state index contributed by atoms with van der Waals surface area (Å²) in [4.78, 5) is 9.10. The van der Waals surface area contributed by atoms with E-state index in [-0.39, 0.29) is 5.92 Å². The summed E-state index contributed by atoms with van der Waals surface area (Å²) in [5, 5.41) is 8.78. The van der Waals surface area contributed by atoms with Gasteiger partial charge in [0.25, 0.3) is 0 Å². The third-order valence-corrected chi connectivity index (χ3v) is 5.93. The van der Waals surface area contributed by atoms with E-state index < -0.39 is 0 Å². The maximum Gasteiger partial charge on any atom is 0.246 e. The monoisotopic (exact) mass is 434 g/mol. The van der Waals surface area contributed by atoms with Crippen molar-refractivity contribution in [2.75, 3.05) is 12.4 Å². The van der Waals surface area contributed by atoms with Crippen molar-refractivity contribution in [3.63, 3.8) is 0 Å². The van der Waals surface area contributed by atoms with Crippen LogP contribution in [0.15, 0.2) is 55.0 Å². The summed E-state index contributed by atoms with van der Waals surface area (Å²) in [5.74, 6) is 2.40. The number of aryl methyl sites for hydroxylation is 2. The van der Waals surface area contributed by atoms with Gasteiger partial charge in [0.15, 0.2) is 0 Å². The normalized spacial score (nSPS) is 15.5. The zero-order valence-electron chi connectivity index (χ0n) is 17.4. The molecule has 1 aliphatic rings. The number of ether oxygens (including phenoxy) is 1. The Morgan fingerprint density at radius 3 is 2.84 bits per heavy atom. The molecule has 5 rings (SSSR count). The van der Waals surface area contributed by atoms with Crippen LogP contribution in [0.3, 0.4) is 0 Å². The number of imidazole rings is 1. The fourth-order valence-electron chi connectivity index (χ4n) is 4.11. The van der Waals surface area contributed by atoms with Gasteiger partial charge < -0.3 is 14.6 Å². The summed E-state index contributed by atoms with van der Waals surface area (Å²) in [6.45, 7) is 2.81. The minimum absolute atomic E-state index is 0.145. The summed E-state index contributed by atoms with van der Waals surface area (Å²) < 4.78 is 9.54. The molecule has 0 radical (unpaired) electrons. The van der Waals surface area contributed by atoms with Gasteiger partial charge in [-0.15, -0.1) is 5.10 Å². The summed E-state index contributed by atoms with van der Waals surface area (Å²) in [5.41, 5.74) is 3.83. The van der Waals surface area contributed by atoms with E-state index in [0.717, 1.165) is 58.6 Å². The molecular formula is C23H23ClN6O. The van der Waals surface area contributed by atoms with E-state index in [1.165, 1.54) is 0 Å². The molecule has 0 unspecified atom stereocenters. The van der Waals surface area contributed by atoms with E-state index in [0.29, 0.717) is 5.95 Å². The number of rotatable bonds is 5. The van der Waals surface area contributed by atoms with Crippen LogP contribution in [0.1, 0.15) is 35.8 Å². The molecule has 4 aromatic rings. The first kappa shape index (κ1) is 19.6. The fourth-order valence-corrected chi connectivity index (χ4v) is 4.37. The first-order valence-electron chi connectivity index (χ1n) is 10.3. The Labute approximate surface area is 185 Å². The van der Waals surface area contributed by atoms with E-state index in [2.05, 4.69) is 21.5 Å². The van der Waals surface area contributed by atoms with Gasteiger partial charge in [0.2, 0.25) is 5.95 Å². The summed E-state index contributed by atoms with van der Waals surface area (Å²) in [6.07, 6.45) is 5.79. The number of anilines is 2. The molecule has 0 saturated heterocycles. The average molecular weight is 435 g/mol. The van der Waals surface area contributed by atoms with Crippen LogP contribution in [-0.2, 0) is 6.54 Å². The Morgan fingerprint density at radius 2 is 2.06 bits per heavy atom. The third kappa shape index (κ3) is 3.77. The molecule has 1 aliphatic heterocycles. The van der Waals surface area contributed by atoms with Gasteiger partial charge in [0, 0.05) is 35.4 Å². The topological polar surface area (TPSA) is 69.8 Å². The first-order valence-corrected chi connectivity index (χ1v) is 10.7.